The van der Waals surface area contributed by atoms with Crippen molar-refractivity contribution in [1.82, 2.24) is 19.9 Å². The van der Waals surface area contributed by atoms with Gasteiger partial charge in [0.15, 0.2) is 46.5 Å². The van der Waals surface area contributed by atoms with E-state index >= 15 is 0 Å². The van der Waals surface area contributed by atoms with Crippen molar-refractivity contribution in [3.8, 4) is 0 Å². The lowest BCUT2D eigenvalue weighted by Gasteiger charge is -2.20. The molecule has 0 fully saturated rings. The number of carbonyl (C=O) groups is 3. The third kappa shape index (κ3) is 9.63. The molecule has 10 nitrogen and oxygen atoms in total. The molecule has 0 aliphatic heterocycles. The fourth-order valence-corrected chi connectivity index (χ4v) is 4.96. The lowest BCUT2D eigenvalue weighted by atomic mass is 10.0. The zero-order valence-corrected chi connectivity index (χ0v) is 30.5. The van der Waals surface area contributed by atoms with Crippen molar-refractivity contribution in [3.63, 3.8) is 0 Å². The van der Waals surface area contributed by atoms with E-state index in [0.29, 0.717) is 30.1 Å². The van der Waals surface area contributed by atoms with E-state index in [1.165, 1.54) is 48.8 Å². The maximum atomic E-state index is 14.9. The Labute approximate surface area is 320 Å². The Morgan fingerprint density at radius 3 is 1.60 bits per heavy atom. The Balaban J connectivity index is 0.000000239. The summed E-state index contributed by atoms with van der Waals surface area (Å²) >= 11 is 11.5. The summed E-state index contributed by atoms with van der Waals surface area (Å²) in [4.78, 5) is 52.9. The summed E-state index contributed by atoms with van der Waals surface area (Å²) in [6, 6.07) is 8.79. The summed E-state index contributed by atoms with van der Waals surface area (Å²) < 4.78 is 95.6. The number of nitrogens with two attached hydrogens (primary N) is 1. The molecule has 0 aliphatic rings. The first-order chi connectivity index (χ1) is 26.3. The molecule has 55 heavy (non-hydrogen) atoms. The molecule has 0 saturated carbocycles. The first kappa shape index (κ1) is 40.3. The standard InChI is InChI=1S/C20H15ClF3N3O3.C15H7ClF3N3O.C2H6/c1-20(2,3)30-19(29)27-13-7-10(22)16(23)15(17(13)24)18(28)9-4-5-11-12(6-9)26-14(21)8-25-11;16-11-5-21-9-2-1-6(3-10(9)22-11)15(23)12-13(18)7(17)4-8(20)14(12)19;1-2/h4-8H,1-3H3,(H,27,29);1-5H,20H2;1-2H3/i;;1D. The Morgan fingerprint density at radius 1 is 0.709 bits per heavy atom. The van der Waals surface area contributed by atoms with Crippen LogP contribution in [0.3, 0.4) is 0 Å². The lowest BCUT2D eigenvalue weighted by molar-refractivity contribution is 0.0634. The van der Waals surface area contributed by atoms with Crippen LogP contribution in [0, 0.1) is 34.9 Å². The fourth-order valence-electron chi connectivity index (χ4n) is 4.68. The number of nitrogens with one attached hydrogen (secondary N) is 1. The molecule has 0 radical (unpaired) electrons. The van der Waals surface area contributed by atoms with E-state index in [9.17, 15) is 40.7 Å². The number of rotatable bonds is 5. The van der Waals surface area contributed by atoms with Crippen LogP contribution >= 0.6 is 23.2 Å². The molecule has 6 rings (SSSR count). The largest absolute Gasteiger partial charge is 0.444 e. The summed E-state index contributed by atoms with van der Waals surface area (Å²) in [5.41, 5.74) is 1.72. The number of halogens is 8. The Hall–Kier alpha value is -5.87. The molecule has 2 heterocycles. The summed E-state index contributed by atoms with van der Waals surface area (Å²) in [7, 11) is 0. The van der Waals surface area contributed by atoms with Gasteiger partial charge in [-0.15, -0.1) is 0 Å². The minimum Gasteiger partial charge on any atom is -0.444 e. The number of ether oxygens (including phenoxy) is 1. The van der Waals surface area contributed by atoms with E-state index in [0.717, 1.165) is 0 Å². The molecule has 0 atom stereocenters. The van der Waals surface area contributed by atoms with Crippen LogP contribution in [0.2, 0.25) is 10.3 Å². The Bertz CT molecular complexity index is 2480. The van der Waals surface area contributed by atoms with Crippen molar-refractivity contribution < 1.29 is 46.8 Å². The number of anilines is 2. The van der Waals surface area contributed by atoms with Crippen LogP contribution in [0.15, 0.2) is 60.9 Å². The van der Waals surface area contributed by atoms with Crippen LogP contribution in [0.1, 0.15) is 67.8 Å². The Morgan fingerprint density at radius 2 is 1.15 bits per heavy atom. The SMILES string of the molecule is CC(C)(C)OC(=O)Nc1cc(F)c(F)c(C(=O)c2ccc3ncc(Cl)nc3c2)c1F.Nc1cc(F)c(F)c(C(=O)c2ccc3ncc(Cl)nc3c2)c1F.[2H]CC. The molecule has 4 aromatic carbocycles. The molecule has 0 aliphatic carbocycles. The van der Waals surface area contributed by atoms with Crippen molar-refractivity contribution in [2.75, 3.05) is 11.1 Å². The first-order valence-electron chi connectivity index (χ1n) is 16.3. The second-order valence-corrected chi connectivity index (χ2v) is 12.7. The molecule has 1 amide bonds. The molecule has 0 spiro atoms. The molecule has 2 aromatic heterocycles. The van der Waals surface area contributed by atoms with Gasteiger partial charge in [0.05, 0.1) is 57.0 Å². The van der Waals surface area contributed by atoms with Crippen molar-refractivity contribution in [2.45, 2.75) is 40.2 Å². The minimum absolute atomic E-state index is 0.0547. The molecule has 3 N–H and O–H groups in total. The predicted octanol–water partition coefficient (Wildman–Crippen LogP) is 9.82. The highest BCUT2D eigenvalue weighted by Gasteiger charge is 2.28. The highest BCUT2D eigenvalue weighted by molar-refractivity contribution is 6.30. The van der Waals surface area contributed by atoms with Gasteiger partial charge in [-0.25, -0.2) is 41.1 Å². The Kier molecular flexibility index (Phi) is 12.5. The zero-order chi connectivity index (χ0) is 41.6. The zero-order valence-electron chi connectivity index (χ0n) is 30.0. The number of nitrogens with zero attached hydrogens (tertiary/aromatic N) is 4. The van der Waals surface area contributed by atoms with E-state index in [4.69, 9.17) is 35.0 Å². The van der Waals surface area contributed by atoms with Gasteiger partial charge >= 0.3 is 6.09 Å². The van der Waals surface area contributed by atoms with Crippen LogP contribution in [-0.4, -0.2) is 43.2 Å². The molecule has 0 bridgehead atoms. The molecule has 286 valence electrons. The van der Waals surface area contributed by atoms with E-state index in [1.807, 2.05) is 5.32 Å². The van der Waals surface area contributed by atoms with Gasteiger partial charge in [0, 0.05) is 24.6 Å². The van der Waals surface area contributed by atoms with Gasteiger partial charge in [-0.1, -0.05) is 37.0 Å². The van der Waals surface area contributed by atoms with Gasteiger partial charge in [-0.2, -0.15) is 0 Å². The first-order valence-corrected chi connectivity index (χ1v) is 16.4. The van der Waals surface area contributed by atoms with Crippen LogP contribution in [0.4, 0.5) is 42.5 Å². The summed E-state index contributed by atoms with van der Waals surface area (Å²) in [5, 5.41) is 2.13. The quantitative estimate of drug-likeness (QED) is 0.0751. The van der Waals surface area contributed by atoms with Gasteiger partial charge in [0.2, 0.25) is 0 Å². The number of amides is 1. The van der Waals surface area contributed by atoms with Gasteiger partial charge < -0.3 is 10.5 Å². The molecular weight excluding hydrogens is 777 g/mol. The average Bonchev–Trinajstić information content (AvgIpc) is 3.12. The van der Waals surface area contributed by atoms with Crippen LogP contribution in [-0.2, 0) is 4.74 Å². The normalized spacial score (nSPS) is 11.2. The number of hydrogen-bond acceptors (Lipinski definition) is 9. The van der Waals surface area contributed by atoms with Gasteiger partial charge in [-0.3, -0.25) is 24.9 Å². The molecule has 0 unspecified atom stereocenters. The van der Waals surface area contributed by atoms with Crippen LogP contribution < -0.4 is 11.1 Å². The monoisotopic (exact) mass is 805 g/mol. The van der Waals surface area contributed by atoms with Crippen LogP contribution in [0.5, 0.6) is 0 Å². The van der Waals surface area contributed by atoms with E-state index in [-0.39, 0.29) is 32.5 Å². The highest BCUT2D eigenvalue weighted by Crippen LogP contribution is 2.29. The third-order valence-electron chi connectivity index (χ3n) is 6.98. The fraction of sp³-hybridized carbons (Fsp3) is 0.162. The number of fused-ring (bicyclic) bond motifs is 2. The number of benzene rings is 4. The number of carbonyl (C=O) groups excluding carboxylic acids is 3. The van der Waals surface area contributed by atoms with Crippen molar-refractivity contribution in [2.24, 2.45) is 0 Å². The van der Waals surface area contributed by atoms with Gasteiger partial charge in [-0.05, 0) is 57.2 Å². The average molecular weight is 807 g/mol. The number of nitrogen functional groups attached to an aromatic ring is 1. The third-order valence-corrected chi connectivity index (χ3v) is 7.34. The maximum absolute atomic E-state index is 14.9. The lowest BCUT2D eigenvalue weighted by Crippen LogP contribution is -2.28. The smallest absolute Gasteiger partial charge is 0.412 e. The molecular formula is C37H28Cl2F6N6O4. The van der Waals surface area contributed by atoms with Gasteiger partial charge in [0.1, 0.15) is 15.9 Å². The van der Waals surface area contributed by atoms with E-state index in [2.05, 4.69) is 19.9 Å². The van der Waals surface area contributed by atoms with E-state index in [1.54, 1.807) is 27.7 Å². The second-order valence-electron chi connectivity index (χ2n) is 11.9. The van der Waals surface area contributed by atoms with Crippen LogP contribution in [0.25, 0.3) is 22.1 Å². The summed E-state index contributed by atoms with van der Waals surface area (Å²) in [5.74, 6) is -11.2. The van der Waals surface area contributed by atoms with Crippen molar-refractivity contribution in [3.05, 3.63) is 128 Å². The number of ketones is 2. The topological polar surface area (TPSA) is 150 Å². The minimum atomic E-state index is -1.69. The van der Waals surface area contributed by atoms with Gasteiger partial charge in [0.25, 0.3) is 0 Å². The van der Waals surface area contributed by atoms with Crippen molar-refractivity contribution in [1.29, 1.82) is 0 Å². The van der Waals surface area contributed by atoms with E-state index < -0.39 is 80.7 Å². The predicted molar refractivity (Wildman–Crippen MR) is 194 cm³/mol. The molecule has 18 heteroatoms. The summed E-state index contributed by atoms with van der Waals surface area (Å²) in [6.07, 6.45) is 1.52. The van der Waals surface area contributed by atoms with Crippen molar-refractivity contribution >= 4 is 74.3 Å². The number of aromatic nitrogens is 4. The summed E-state index contributed by atoms with van der Waals surface area (Å²) in [6.45, 7) is 6.99. The second kappa shape index (κ2) is 17.1. The molecule has 0 saturated heterocycles. The highest BCUT2D eigenvalue weighted by atomic mass is 35.5. The maximum Gasteiger partial charge on any atom is 0.412 e. The number of hydrogen-bond donors (Lipinski definition) is 2. The molecule has 6 aromatic rings.